The predicted molar refractivity (Wildman–Crippen MR) is 98.7 cm³/mol. The number of para-hydroxylation sites is 1. The molecule has 4 N–H and O–H groups in total. The van der Waals surface area contributed by atoms with Gasteiger partial charge in [-0.1, -0.05) is 47.6 Å². The lowest BCUT2D eigenvalue weighted by Crippen LogP contribution is -2.15. The van der Waals surface area contributed by atoms with E-state index in [9.17, 15) is 0 Å². The number of fused-ring (bicyclic) bond motifs is 1. The fourth-order valence-electron chi connectivity index (χ4n) is 3.06. The lowest BCUT2D eigenvalue weighted by molar-refractivity contribution is 0.459. The molecule has 25 heavy (non-hydrogen) atoms. The maximum Gasteiger partial charge on any atom is 0.167 e. The maximum atomic E-state index is 6.49. The molecule has 1 atom stereocenters. The molecule has 4 aromatic rings. The summed E-state index contributed by atoms with van der Waals surface area (Å²) in [5.74, 6) is 0.500. The molecule has 0 saturated heterocycles. The summed E-state index contributed by atoms with van der Waals surface area (Å²) >= 11 is 0. The van der Waals surface area contributed by atoms with Crippen molar-refractivity contribution >= 4 is 16.8 Å². The number of nitrogen functional groups attached to an aromatic ring is 1. The number of hydrogen-bond acceptors (Lipinski definition) is 5. The lowest BCUT2D eigenvalue weighted by Gasteiger charge is -2.15. The third-order valence-corrected chi connectivity index (χ3v) is 4.25. The van der Waals surface area contributed by atoms with Gasteiger partial charge in [0.2, 0.25) is 0 Å². The van der Waals surface area contributed by atoms with Crippen molar-refractivity contribution in [2.24, 2.45) is 5.73 Å². The van der Waals surface area contributed by atoms with Gasteiger partial charge in [0.15, 0.2) is 5.58 Å². The van der Waals surface area contributed by atoms with Gasteiger partial charge in [0.1, 0.15) is 11.5 Å². The zero-order chi connectivity index (χ0) is 17.2. The second-order valence-electron chi connectivity index (χ2n) is 5.98. The van der Waals surface area contributed by atoms with Crippen molar-refractivity contribution in [3.8, 4) is 11.3 Å². The van der Waals surface area contributed by atoms with Crippen LogP contribution in [0.3, 0.4) is 0 Å². The molecule has 0 radical (unpaired) electrons. The highest BCUT2D eigenvalue weighted by Gasteiger charge is 2.18. The minimum absolute atomic E-state index is 0.221. The quantitative estimate of drug-likeness (QED) is 0.595. The van der Waals surface area contributed by atoms with E-state index in [2.05, 4.69) is 10.1 Å². The third-order valence-electron chi connectivity index (χ3n) is 4.25. The summed E-state index contributed by atoms with van der Waals surface area (Å²) in [5, 5.41) is 5.24. The fraction of sp³-hybridized carbons (Fsp3) is 0.100. The average Bonchev–Trinajstić information content (AvgIpc) is 3.06. The topological polar surface area (TPSA) is 91.0 Å². The summed E-state index contributed by atoms with van der Waals surface area (Å²) in [7, 11) is 0. The first kappa shape index (κ1) is 15.4. The monoisotopic (exact) mass is 330 g/mol. The van der Waals surface area contributed by atoms with E-state index in [1.807, 2.05) is 60.7 Å². The SMILES string of the molecule is Nc1cccc(C[C@H](N)c2ccccc2-c2noc3ccccc23)n1. The van der Waals surface area contributed by atoms with Crippen molar-refractivity contribution in [1.82, 2.24) is 10.1 Å². The van der Waals surface area contributed by atoms with Gasteiger partial charge < -0.3 is 16.0 Å². The number of pyridine rings is 1. The Kier molecular flexibility index (Phi) is 3.91. The highest BCUT2D eigenvalue weighted by Crippen LogP contribution is 2.33. The van der Waals surface area contributed by atoms with Gasteiger partial charge in [0.25, 0.3) is 0 Å². The van der Waals surface area contributed by atoms with Crippen molar-refractivity contribution in [2.75, 3.05) is 5.73 Å². The lowest BCUT2D eigenvalue weighted by atomic mass is 9.94. The second-order valence-corrected chi connectivity index (χ2v) is 5.98. The van der Waals surface area contributed by atoms with Crippen molar-refractivity contribution in [2.45, 2.75) is 12.5 Å². The minimum Gasteiger partial charge on any atom is -0.384 e. The van der Waals surface area contributed by atoms with Gasteiger partial charge >= 0.3 is 0 Å². The molecule has 0 aliphatic carbocycles. The Hall–Kier alpha value is -3.18. The first-order chi connectivity index (χ1) is 12.2. The van der Waals surface area contributed by atoms with E-state index in [0.29, 0.717) is 12.2 Å². The normalized spacial score (nSPS) is 12.4. The molecule has 2 aromatic carbocycles. The van der Waals surface area contributed by atoms with Gasteiger partial charge in [0, 0.05) is 29.1 Å². The first-order valence-electron chi connectivity index (χ1n) is 8.13. The number of aromatic nitrogens is 2. The van der Waals surface area contributed by atoms with E-state index < -0.39 is 0 Å². The van der Waals surface area contributed by atoms with Gasteiger partial charge in [-0.15, -0.1) is 0 Å². The van der Waals surface area contributed by atoms with Gasteiger partial charge in [-0.2, -0.15) is 0 Å². The van der Waals surface area contributed by atoms with E-state index in [0.717, 1.165) is 33.5 Å². The molecule has 0 bridgehead atoms. The zero-order valence-corrected chi connectivity index (χ0v) is 13.6. The molecular weight excluding hydrogens is 312 g/mol. The summed E-state index contributed by atoms with van der Waals surface area (Å²) in [6.07, 6.45) is 0.595. The number of hydrogen-bond donors (Lipinski definition) is 2. The molecule has 0 spiro atoms. The van der Waals surface area contributed by atoms with Crippen LogP contribution in [0.25, 0.3) is 22.2 Å². The van der Waals surface area contributed by atoms with E-state index in [1.54, 1.807) is 6.07 Å². The Bertz CT molecular complexity index is 1020. The van der Waals surface area contributed by atoms with E-state index >= 15 is 0 Å². The van der Waals surface area contributed by atoms with E-state index in [-0.39, 0.29) is 6.04 Å². The summed E-state index contributed by atoms with van der Waals surface area (Å²) < 4.78 is 5.45. The number of anilines is 1. The van der Waals surface area contributed by atoms with Crippen LogP contribution in [0.2, 0.25) is 0 Å². The molecule has 5 nitrogen and oxygen atoms in total. The molecule has 0 aliphatic heterocycles. The van der Waals surface area contributed by atoms with E-state index in [4.69, 9.17) is 16.0 Å². The van der Waals surface area contributed by atoms with Crippen LogP contribution in [0.15, 0.2) is 71.3 Å². The molecular formula is C20H18N4O. The number of rotatable bonds is 4. The second kappa shape index (κ2) is 6.37. The molecule has 124 valence electrons. The number of benzene rings is 2. The predicted octanol–water partition coefficient (Wildman–Crippen LogP) is 3.71. The summed E-state index contributed by atoms with van der Waals surface area (Å²) in [4.78, 5) is 4.34. The zero-order valence-electron chi connectivity index (χ0n) is 13.6. The maximum absolute atomic E-state index is 6.49. The molecule has 0 saturated carbocycles. The molecule has 2 heterocycles. The van der Waals surface area contributed by atoms with Gasteiger partial charge in [-0.3, -0.25) is 0 Å². The average molecular weight is 330 g/mol. The van der Waals surface area contributed by atoms with Crippen molar-refractivity contribution in [3.63, 3.8) is 0 Å². The molecule has 0 aliphatic rings. The highest BCUT2D eigenvalue weighted by molar-refractivity contribution is 5.92. The van der Waals surface area contributed by atoms with Crippen LogP contribution in [0.4, 0.5) is 5.82 Å². The van der Waals surface area contributed by atoms with Crippen LogP contribution in [0.5, 0.6) is 0 Å². The molecule has 0 fully saturated rings. The molecule has 4 rings (SSSR count). The van der Waals surface area contributed by atoms with Crippen LogP contribution >= 0.6 is 0 Å². The smallest absolute Gasteiger partial charge is 0.167 e. The standard InChI is InChI=1S/C20H18N4O/c21-17(12-13-6-5-11-19(22)23-13)14-7-1-2-8-15(14)20-16-9-3-4-10-18(16)25-24-20/h1-11,17H,12,21H2,(H2,22,23)/t17-/m0/s1. The third kappa shape index (κ3) is 2.97. The van der Waals surface area contributed by atoms with E-state index in [1.165, 1.54) is 0 Å². The fourth-order valence-corrected chi connectivity index (χ4v) is 3.06. The molecule has 0 amide bonds. The largest absolute Gasteiger partial charge is 0.384 e. The van der Waals surface area contributed by atoms with Gasteiger partial charge in [-0.05, 0) is 29.8 Å². The van der Waals surface area contributed by atoms with Crippen LogP contribution in [0.1, 0.15) is 17.3 Å². The summed E-state index contributed by atoms with van der Waals surface area (Å²) in [6, 6.07) is 21.2. The van der Waals surface area contributed by atoms with Crippen LogP contribution in [-0.4, -0.2) is 10.1 Å². The van der Waals surface area contributed by atoms with Crippen molar-refractivity contribution in [3.05, 3.63) is 78.0 Å². The minimum atomic E-state index is -0.221. The van der Waals surface area contributed by atoms with Crippen LogP contribution in [0, 0.1) is 0 Å². The molecule has 0 unspecified atom stereocenters. The Morgan fingerprint density at radius 1 is 0.920 bits per heavy atom. The number of nitrogens with two attached hydrogens (primary N) is 2. The Balaban J connectivity index is 1.74. The first-order valence-corrected chi connectivity index (χ1v) is 8.13. The Morgan fingerprint density at radius 3 is 2.60 bits per heavy atom. The molecule has 2 aromatic heterocycles. The van der Waals surface area contributed by atoms with Gasteiger partial charge in [-0.25, -0.2) is 4.98 Å². The highest BCUT2D eigenvalue weighted by atomic mass is 16.5. The van der Waals surface area contributed by atoms with Crippen molar-refractivity contribution < 1.29 is 4.52 Å². The Labute approximate surface area is 145 Å². The van der Waals surface area contributed by atoms with Crippen molar-refractivity contribution in [1.29, 1.82) is 0 Å². The molecule has 5 heteroatoms. The Morgan fingerprint density at radius 2 is 1.72 bits per heavy atom. The summed E-state index contributed by atoms with van der Waals surface area (Å²) in [6.45, 7) is 0. The van der Waals surface area contributed by atoms with Crippen LogP contribution in [-0.2, 0) is 6.42 Å². The van der Waals surface area contributed by atoms with Crippen LogP contribution < -0.4 is 11.5 Å². The summed E-state index contributed by atoms with van der Waals surface area (Å²) in [5.41, 5.74) is 16.7. The number of nitrogens with zero attached hydrogens (tertiary/aromatic N) is 2. The van der Waals surface area contributed by atoms with Gasteiger partial charge in [0.05, 0.1) is 0 Å².